The van der Waals surface area contributed by atoms with E-state index in [2.05, 4.69) is 25.4 Å². The van der Waals surface area contributed by atoms with Crippen LogP contribution >= 0.6 is 0 Å². The highest BCUT2D eigenvalue weighted by molar-refractivity contribution is 5.92. The van der Waals surface area contributed by atoms with Crippen LogP contribution in [0.25, 0.3) is 0 Å². The molecule has 4 fully saturated rings. The smallest absolute Gasteiger partial charge is 0.269 e. The molecule has 3 aliphatic heterocycles. The van der Waals surface area contributed by atoms with Crippen molar-refractivity contribution < 1.29 is 14.3 Å². The number of rotatable bonds is 4. The lowest BCUT2D eigenvalue weighted by molar-refractivity contribution is -0.136. The van der Waals surface area contributed by atoms with Crippen LogP contribution in [0.4, 0.5) is 5.69 Å². The Morgan fingerprint density at radius 3 is 2.78 bits per heavy atom. The molecule has 1 aromatic heterocycles. The van der Waals surface area contributed by atoms with E-state index in [1.54, 1.807) is 7.05 Å². The molecule has 1 saturated carbocycles. The number of piperidine rings is 1. The minimum atomic E-state index is -0.150. The Labute approximate surface area is 190 Å². The van der Waals surface area contributed by atoms with Gasteiger partial charge in [-0.25, -0.2) is 4.98 Å². The number of aryl methyl sites for hydroxylation is 1. The van der Waals surface area contributed by atoms with Crippen molar-refractivity contribution in [1.29, 1.82) is 0 Å². The summed E-state index contributed by atoms with van der Waals surface area (Å²) in [4.78, 5) is 33.7. The van der Waals surface area contributed by atoms with Gasteiger partial charge in [-0.1, -0.05) is 0 Å². The van der Waals surface area contributed by atoms with Crippen LogP contribution in [0.5, 0.6) is 0 Å². The SMILES string of the molecule is CNC(=O)c1ccc(N2CCN(CC3CCC4C(C3)NC(=O)C3CCOC34)CC2)c(C)n1. The zero-order valence-corrected chi connectivity index (χ0v) is 19.2. The minimum Gasteiger partial charge on any atom is -0.377 e. The van der Waals surface area contributed by atoms with Crippen LogP contribution in [0.3, 0.4) is 0 Å². The molecule has 0 spiro atoms. The molecule has 5 rings (SSSR count). The summed E-state index contributed by atoms with van der Waals surface area (Å²) in [5.41, 5.74) is 2.49. The van der Waals surface area contributed by atoms with Crippen LogP contribution in [-0.2, 0) is 9.53 Å². The molecule has 4 heterocycles. The van der Waals surface area contributed by atoms with Crippen molar-refractivity contribution in [2.45, 2.75) is 44.8 Å². The van der Waals surface area contributed by atoms with Gasteiger partial charge in [-0.2, -0.15) is 0 Å². The third-order valence-electron chi connectivity index (χ3n) is 7.98. The predicted octanol–water partition coefficient (Wildman–Crippen LogP) is 1.19. The number of ether oxygens (including phenoxy) is 1. The first-order chi connectivity index (χ1) is 15.5. The summed E-state index contributed by atoms with van der Waals surface area (Å²) in [6.07, 6.45) is 4.52. The third kappa shape index (κ3) is 4.10. The van der Waals surface area contributed by atoms with Gasteiger partial charge in [0.05, 0.1) is 23.4 Å². The fourth-order valence-electron chi connectivity index (χ4n) is 6.29. The Morgan fingerprint density at radius 1 is 1.22 bits per heavy atom. The number of pyridine rings is 1. The lowest BCUT2D eigenvalue weighted by atomic mass is 9.70. The number of hydrogen-bond donors (Lipinski definition) is 2. The number of piperazine rings is 1. The lowest BCUT2D eigenvalue weighted by Gasteiger charge is -2.46. The molecule has 0 aromatic carbocycles. The molecule has 0 radical (unpaired) electrons. The van der Waals surface area contributed by atoms with Crippen molar-refractivity contribution in [3.63, 3.8) is 0 Å². The number of amides is 2. The fourth-order valence-corrected chi connectivity index (χ4v) is 6.29. The zero-order valence-electron chi connectivity index (χ0n) is 19.2. The third-order valence-corrected chi connectivity index (χ3v) is 7.98. The number of hydrogen-bond acceptors (Lipinski definition) is 6. The number of anilines is 1. The number of carbonyl (C=O) groups is 2. The number of nitrogens with one attached hydrogen (secondary N) is 2. The summed E-state index contributed by atoms with van der Waals surface area (Å²) in [6, 6.07) is 4.12. The van der Waals surface area contributed by atoms with Gasteiger partial charge in [0.25, 0.3) is 5.91 Å². The average Bonchev–Trinajstić information content (AvgIpc) is 3.30. The average molecular weight is 442 g/mol. The van der Waals surface area contributed by atoms with E-state index in [0.29, 0.717) is 17.5 Å². The van der Waals surface area contributed by atoms with Crippen LogP contribution in [0.1, 0.15) is 41.9 Å². The van der Waals surface area contributed by atoms with Crippen molar-refractivity contribution in [2.24, 2.45) is 17.8 Å². The van der Waals surface area contributed by atoms with Crippen LogP contribution in [0, 0.1) is 24.7 Å². The quantitative estimate of drug-likeness (QED) is 0.730. The molecule has 8 heteroatoms. The number of carbonyl (C=O) groups excluding carboxylic acids is 2. The first-order valence-corrected chi connectivity index (χ1v) is 12.1. The van der Waals surface area contributed by atoms with E-state index in [4.69, 9.17) is 4.74 Å². The molecule has 2 amide bonds. The van der Waals surface area contributed by atoms with E-state index in [1.807, 2.05) is 19.1 Å². The molecule has 32 heavy (non-hydrogen) atoms. The summed E-state index contributed by atoms with van der Waals surface area (Å²) in [6.45, 7) is 7.81. The first kappa shape index (κ1) is 21.6. The van der Waals surface area contributed by atoms with Crippen LogP contribution < -0.4 is 15.5 Å². The second-order valence-corrected chi connectivity index (χ2v) is 9.86. The summed E-state index contributed by atoms with van der Waals surface area (Å²) < 4.78 is 5.97. The fraction of sp³-hybridized carbons (Fsp3) is 0.708. The monoisotopic (exact) mass is 441 g/mol. The van der Waals surface area contributed by atoms with Gasteiger partial charge in [0.2, 0.25) is 5.91 Å². The van der Waals surface area contributed by atoms with Crippen molar-refractivity contribution in [3.05, 3.63) is 23.5 Å². The Balaban J connectivity index is 1.13. The molecule has 0 bridgehead atoms. The normalized spacial score (nSPS) is 32.8. The van der Waals surface area contributed by atoms with Crippen LogP contribution in [-0.4, -0.2) is 80.2 Å². The highest BCUT2D eigenvalue weighted by Crippen LogP contribution is 2.41. The molecule has 174 valence electrons. The van der Waals surface area contributed by atoms with Crippen molar-refractivity contribution >= 4 is 17.5 Å². The summed E-state index contributed by atoms with van der Waals surface area (Å²) in [7, 11) is 1.63. The first-order valence-electron chi connectivity index (χ1n) is 12.1. The molecule has 1 aliphatic carbocycles. The van der Waals surface area contributed by atoms with E-state index < -0.39 is 0 Å². The van der Waals surface area contributed by atoms with Crippen LogP contribution in [0.2, 0.25) is 0 Å². The van der Waals surface area contributed by atoms with E-state index in [1.165, 1.54) is 12.8 Å². The van der Waals surface area contributed by atoms with Gasteiger partial charge < -0.3 is 20.3 Å². The van der Waals surface area contributed by atoms with Gasteiger partial charge in [0.15, 0.2) is 0 Å². The van der Waals surface area contributed by atoms with E-state index in [9.17, 15) is 9.59 Å². The molecule has 2 N–H and O–H groups in total. The second kappa shape index (κ2) is 8.98. The molecular weight excluding hydrogens is 406 g/mol. The summed E-state index contributed by atoms with van der Waals surface area (Å²) >= 11 is 0. The summed E-state index contributed by atoms with van der Waals surface area (Å²) in [5.74, 6) is 1.29. The lowest BCUT2D eigenvalue weighted by Crippen LogP contribution is -2.58. The Morgan fingerprint density at radius 2 is 2.03 bits per heavy atom. The van der Waals surface area contributed by atoms with Gasteiger partial charge in [-0.05, 0) is 50.7 Å². The van der Waals surface area contributed by atoms with Gasteiger partial charge in [0.1, 0.15) is 5.69 Å². The maximum Gasteiger partial charge on any atom is 0.269 e. The standard InChI is InChI=1S/C24H35N5O3/c1-15-21(6-5-19(26-15)24(31)25-2)29-10-8-28(9-11-29)14-16-3-4-17-20(13-16)27-23(30)18-7-12-32-22(17)18/h5-6,16-18,20,22H,3-4,7-14H2,1-2H3,(H,25,31)(H,27,30). The maximum atomic E-state index is 12.5. The van der Waals surface area contributed by atoms with Crippen molar-refractivity contribution in [1.82, 2.24) is 20.5 Å². The summed E-state index contributed by atoms with van der Waals surface area (Å²) in [5, 5.41) is 5.96. The molecule has 3 saturated heterocycles. The van der Waals surface area contributed by atoms with Gasteiger partial charge in [-0.3, -0.25) is 14.5 Å². The zero-order chi connectivity index (χ0) is 22.2. The molecule has 8 nitrogen and oxygen atoms in total. The molecule has 5 unspecified atom stereocenters. The Hall–Kier alpha value is -2.19. The van der Waals surface area contributed by atoms with E-state index >= 15 is 0 Å². The number of nitrogens with zero attached hydrogens (tertiary/aromatic N) is 3. The van der Waals surface area contributed by atoms with Gasteiger partial charge >= 0.3 is 0 Å². The molecule has 1 aromatic rings. The predicted molar refractivity (Wildman–Crippen MR) is 122 cm³/mol. The molecular formula is C24H35N5O3. The topological polar surface area (TPSA) is 86.8 Å². The largest absolute Gasteiger partial charge is 0.377 e. The molecule has 5 atom stereocenters. The van der Waals surface area contributed by atoms with Crippen LogP contribution in [0.15, 0.2) is 12.1 Å². The molecule has 4 aliphatic rings. The highest BCUT2D eigenvalue weighted by Gasteiger charge is 2.49. The van der Waals surface area contributed by atoms with Gasteiger partial charge in [0, 0.05) is 58.3 Å². The highest BCUT2D eigenvalue weighted by atomic mass is 16.5. The maximum absolute atomic E-state index is 12.5. The number of fused-ring (bicyclic) bond motifs is 3. The van der Waals surface area contributed by atoms with Crippen molar-refractivity contribution in [2.75, 3.05) is 51.3 Å². The Kier molecular flexibility index (Phi) is 6.07. The second-order valence-electron chi connectivity index (χ2n) is 9.86. The van der Waals surface area contributed by atoms with E-state index in [0.717, 1.165) is 63.6 Å². The Bertz CT molecular complexity index is 869. The minimum absolute atomic E-state index is 0.0873. The van der Waals surface area contributed by atoms with Crippen molar-refractivity contribution in [3.8, 4) is 0 Å². The van der Waals surface area contributed by atoms with Gasteiger partial charge in [-0.15, -0.1) is 0 Å². The number of aromatic nitrogens is 1. The van der Waals surface area contributed by atoms with E-state index in [-0.39, 0.29) is 29.9 Å².